The van der Waals surface area contributed by atoms with Crippen molar-refractivity contribution in [1.82, 2.24) is 4.98 Å². The number of anilines is 1. The van der Waals surface area contributed by atoms with Crippen LogP contribution in [0.25, 0.3) is 0 Å². The fraction of sp³-hybridized carbons (Fsp3) is 0. The molecular weight excluding hydrogens is 234 g/mol. The Morgan fingerprint density at radius 1 is 1.53 bits per heavy atom. The highest BCUT2D eigenvalue weighted by atomic mass is 32.1. The lowest BCUT2D eigenvalue weighted by atomic mass is 10.4. The lowest BCUT2D eigenvalue weighted by Crippen LogP contribution is -2.09. The van der Waals surface area contributed by atoms with Gasteiger partial charge in [-0.25, -0.2) is 4.98 Å². The topological polar surface area (TPSA) is 71.4 Å². The SMILES string of the molecule is O=Nc1cnc(NC(=O)c2cccs2)s1. The molecule has 0 saturated heterocycles. The highest BCUT2D eigenvalue weighted by Gasteiger charge is 2.09. The average molecular weight is 239 g/mol. The minimum atomic E-state index is -0.225. The molecule has 0 aliphatic carbocycles. The number of thiophene rings is 1. The van der Waals surface area contributed by atoms with Gasteiger partial charge in [-0.2, -0.15) is 0 Å². The molecule has 15 heavy (non-hydrogen) atoms. The van der Waals surface area contributed by atoms with E-state index in [4.69, 9.17) is 0 Å². The van der Waals surface area contributed by atoms with Crippen LogP contribution in [0, 0.1) is 4.91 Å². The predicted octanol–water partition coefficient (Wildman–Crippen LogP) is 2.85. The van der Waals surface area contributed by atoms with Gasteiger partial charge in [-0.3, -0.25) is 10.1 Å². The molecule has 76 valence electrons. The summed E-state index contributed by atoms with van der Waals surface area (Å²) in [6.07, 6.45) is 1.32. The first-order valence-corrected chi connectivity index (χ1v) is 5.63. The van der Waals surface area contributed by atoms with E-state index >= 15 is 0 Å². The minimum absolute atomic E-state index is 0.225. The number of amides is 1. The third-order valence-corrected chi connectivity index (χ3v) is 3.21. The van der Waals surface area contributed by atoms with Crippen molar-refractivity contribution in [3.05, 3.63) is 33.5 Å². The van der Waals surface area contributed by atoms with E-state index in [0.717, 1.165) is 11.3 Å². The van der Waals surface area contributed by atoms with Gasteiger partial charge in [-0.15, -0.1) is 16.2 Å². The molecule has 0 aromatic carbocycles. The van der Waals surface area contributed by atoms with Crippen molar-refractivity contribution >= 4 is 38.7 Å². The van der Waals surface area contributed by atoms with Crippen molar-refractivity contribution in [3.8, 4) is 0 Å². The molecule has 2 aromatic heterocycles. The fourth-order valence-corrected chi connectivity index (χ4v) is 2.14. The van der Waals surface area contributed by atoms with Crippen LogP contribution in [0.3, 0.4) is 0 Å². The molecular formula is C8H5N3O2S2. The Morgan fingerprint density at radius 3 is 3.00 bits per heavy atom. The molecule has 5 nitrogen and oxygen atoms in total. The number of hydrogen-bond donors (Lipinski definition) is 1. The van der Waals surface area contributed by atoms with E-state index < -0.39 is 0 Å². The summed E-state index contributed by atoms with van der Waals surface area (Å²) >= 11 is 2.38. The van der Waals surface area contributed by atoms with Gasteiger partial charge in [-0.05, 0) is 16.6 Å². The third-order valence-electron chi connectivity index (χ3n) is 1.55. The van der Waals surface area contributed by atoms with E-state index in [1.807, 2.05) is 5.38 Å². The zero-order valence-electron chi connectivity index (χ0n) is 7.34. The quantitative estimate of drug-likeness (QED) is 0.837. The van der Waals surface area contributed by atoms with Crippen molar-refractivity contribution in [3.63, 3.8) is 0 Å². The van der Waals surface area contributed by atoms with E-state index in [0.29, 0.717) is 10.0 Å². The van der Waals surface area contributed by atoms with Gasteiger partial charge in [0.2, 0.25) is 0 Å². The van der Waals surface area contributed by atoms with Crippen LogP contribution in [0.1, 0.15) is 9.67 Å². The fourth-order valence-electron chi connectivity index (χ4n) is 0.932. The standard InChI is InChI=1S/C8H5N3O2S2/c12-7(5-2-1-3-14-5)10-8-9-4-6(11-13)15-8/h1-4H,(H,9,10,12). The summed E-state index contributed by atoms with van der Waals surface area (Å²) in [5.74, 6) is -0.225. The van der Waals surface area contributed by atoms with Gasteiger partial charge in [0, 0.05) is 0 Å². The zero-order valence-corrected chi connectivity index (χ0v) is 8.97. The van der Waals surface area contributed by atoms with E-state index in [-0.39, 0.29) is 10.9 Å². The molecule has 0 unspecified atom stereocenters. The number of thiazole rings is 1. The molecule has 7 heteroatoms. The molecule has 0 aliphatic heterocycles. The summed E-state index contributed by atoms with van der Waals surface area (Å²) in [7, 11) is 0. The first kappa shape index (κ1) is 9.94. The second-order valence-corrected chi connectivity index (χ2v) is 4.48. The number of nitroso groups, excluding NO2 is 1. The number of hydrogen-bond acceptors (Lipinski definition) is 6. The summed E-state index contributed by atoms with van der Waals surface area (Å²) in [5, 5.41) is 7.74. The maximum atomic E-state index is 11.5. The number of rotatable bonds is 3. The summed E-state index contributed by atoms with van der Waals surface area (Å²) in [6.45, 7) is 0. The van der Waals surface area contributed by atoms with E-state index in [1.54, 1.807) is 12.1 Å². The zero-order chi connectivity index (χ0) is 10.7. The normalized spacial score (nSPS) is 9.87. The lowest BCUT2D eigenvalue weighted by molar-refractivity contribution is 0.103. The Morgan fingerprint density at radius 2 is 2.40 bits per heavy atom. The Kier molecular flexibility index (Phi) is 2.84. The van der Waals surface area contributed by atoms with E-state index in [2.05, 4.69) is 15.5 Å². The van der Waals surface area contributed by atoms with Crippen LogP contribution in [0.15, 0.2) is 28.9 Å². The Bertz CT molecular complexity index is 478. The van der Waals surface area contributed by atoms with Crippen LogP contribution in [0.4, 0.5) is 10.1 Å². The predicted molar refractivity (Wildman–Crippen MR) is 59.8 cm³/mol. The maximum Gasteiger partial charge on any atom is 0.267 e. The molecule has 0 spiro atoms. The molecule has 0 fully saturated rings. The monoisotopic (exact) mass is 239 g/mol. The molecule has 1 N–H and O–H groups in total. The summed E-state index contributed by atoms with van der Waals surface area (Å²) < 4.78 is 0. The average Bonchev–Trinajstić information content (AvgIpc) is 2.87. The number of carbonyl (C=O) groups excluding carboxylic acids is 1. The number of nitrogens with zero attached hydrogens (tertiary/aromatic N) is 2. The Hall–Kier alpha value is -1.60. The highest BCUT2D eigenvalue weighted by molar-refractivity contribution is 7.19. The van der Waals surface area contributed by atoms with Crippen molar-refractivity contribution < 1.29 is 4.79 Å². The molecule has 1 amide bonds. The molecule has 2 heterocycles. The Balaban J connectivity index is 2.09. The minimum Gasteiger partial charge on any atom is -0.297 e. The summed E-state index contributed by atoms with van der Waals surface area (Å²) in [4.78, 5) is 26.1. The summed E-state index contributed by atoms with van der Waals surface area (Å²) in [6, 6.07) is 3.51. The first-order chi connectivity index (χ1) is 7.29. The summed E-state index contributed by atoms with van der Waals surface area (Å²) in [5.41, 5.74) is 0. The van der Waals surface area contributed by atoms with Crippen LogP contribution in [0.5, 0.6) is 0 Å². The highest BCUT2D eigenvalue weighted by Crippen LogP contribution is 2.26. The molecule has 0 atom stereocenters. The van der Waals surface area contributed by atoms with Crippen molar-refractivity contribution in [2.45, 2.75) is 0 Å². The molecule has 0 saturated carbocycles. The van der Waals surface area contributed by atoms with Crippen LogP contribution in [-0.4, -0.2) is 10.9 Å². The van der Waals surface area contributed by atoms with Gasteiger partial charge < -0.3 is 0 Å². The third kappa shape index (κ3) is 2.25. The molecule has 0 aliphatic rings. The van der Waals surface area contributed by atoms with Crippen LogP contribution < -0.4 is 5.32 Å². The molecule has 0 radical (unpaired) electrons. The van der Waals surface area contributed by atoms with Gasteiger partial charge >= 0.3 is 0 Å². The largest absolute Gasteiger partial charge is 0.297 e. The van der Waals surface area contributed by atoms with E-state index in [1.165, 1.54) is 17.5 Å². The molecule has 2 aromatic rings. The first-order valence-electron chi connectivity index (χ1n) is 3.93. The number of carbonyl (C=O) groups is 1. The smallest absolute Gasteiger partial charge is 0.267 e. The van der Waals surface area contributed by atoms with E-state index in [9.17, 15) is 9.70 Å². The van der Waals surface area contributed by atoms with Gasteiger partial charge in [-0.1, -0.05) is 17.4 Å². The van der Waals surface area contributed by atoms with Gasteiger partial charge in [0.1, 0.15) is 0 Å². The van der Waals surface area contributed by atoms with Crippen LogP contribution in [0.2, 0.25) is 0 Å². The van der Waals surface area contributed by atoms with Gasteiger partial charge in [0.15, 0.2) is 10.1 Å². The van der Waals surface area contributed by atoms with Gasteiger partial charge in [0.25, 0.3) is 5.91 Å². The maximum absolute atomic E-state index is 11.5. The lowest BCUT2D eigenvalue weighted by Gasteiger charge is -1.96. The van der Waals surface area contributed by atoms with Crippen molar-refractivity contribution in [2.75, 3.05) is 5.32 Å². The second-order valence-electron chi connectivity index (χ2n) is 2.53. The molecule has 0 bridgehead atoms. The second kappa shape index (κ2) is 4.28. The van der Waals surface area contributed by atoms with Crippen molar-refractivity contribution in [1.29, 1.82) is 0 Å². The van der Waals surface area contributed by atoms with Crippen LogP contribution in [-0.2, 0) is 0 Å². The molecule has 2 rings (SSSR count). The van der Waals surface area contributed by atoms with Crippen molar-refractivity contribution in [2.24, 2.45) is 5.18 Å². The van der Waals surface area contributed by atoms with Gasteiger partial charge in [0.05, 0.1) is 11.1 Å². The number of aromatic nitrogens is 1. The number of nitrogens with one attached hydrogen (secondary N) is 1. The van der Waals surface area contributed by atoms with Crippen LogP contribution >= 0.6 is 22.7 Å². The Labute approximate surface area is 92.8 Å².